The number of aromatic nitrogens is 2. The SMILES string of the molecule is CCOc1cc2[nH]c(=S)n(CCCCC(=O)O)c(=O)c2cc1OCC. The van der Waals surface area contributed by atoms with E-state index < -0.39 is 5.97 Å². The van der Waals surface area contributed by atoms with Crippen LogP contribution in [0.5, 0.6) is 11.5 Å². The van der Waals surface area contributed by atoms with Gasteiger partial charge in [0.1, 0.15) is 0 Å². The predicted molar refractivity (Wildman–Crippen MR) is 97.2 cm³/mol. The van der Waals surface area contributed by atoms with Gasteiger partial charge in [0.2, 0.25) is 0 Å². The maximum Gasteiger partial charge on any atom is 0.303 e. The van der Waals surface area contributed by atoms with Gasteiger partial charge in [-0.15, -0.1) is 0 Å². The smallest absolute Gasteiger partial charge is 0.303 e. The summed E-state index contributed by atoms with van der Waals surface area (Å²) in [5, 5.41) is 9.15. The lowest BCUT2D eigenvalue weighted by atomic mass is 10.2. The van der Waals surface area contributed by atoms with Gasteiger partial charge in [0.25, 0.3) is 5.56 Å². The molecule has 0 unspecified atom stereocenters. The Balaban J connectivity index is 2.42. The molecule has 0 bridgehead atoms. The third kappa shape index (κ3) is 4.60. The summed E-state index contributed by atoms with van der Waals surface area (Å²) in [4.78, 5) is 26.4. The number of carbonyl (C=O) groups is 1. The number of aliphatic carboxylic acids is 1. The van der Waals surface area contributed by atoms with Crippen LogP contribution in [-0.2, 0) is 11.3 Å². The van der Waals surface area contributed by atoms with Crippen molar-refractivity contribution in [3.8, 4) is 11.5 Å². The van der Waals surface area contributed by atoms with Crippen LogP contribution in [0.1, 0.15) is 33.1 Å². The Hall–Kier alpha value is -2.35. The Bertz CT molecular complexity index is 872. The number of carboxylic acid groups (broad SMARTS) is 1. The van der Waals surface area contributed by atoms with Gasteiger partial charge in [-0.2, -0.15) is 0 Å². The first-order chi connectivity index (χ1) is 12.0. The number of benzene rings is 1. The number of aromatic amines is 1. The summed E-state index contributed by atoms with van der Waals surface area (Å²) < 4.78 is 12.9. The lowest BCUT2D eigenvalue weighted by Crippen LogP contribution is -2.22. The van der Waals surface area contributed by atoms with E-state index in [2.05, 4.69) is 4.98 Å². The Morgan fingerprint density at radius 1 is 1.20 bits per heavy atom. The molecule has 0 fully saturated rings. The van der Waals surface area contributed by atoms with E-state index in [0.717, 1.165) is 0 Å². The highest BCUT2D eigenvalue weighted by Gasteiger charge is 2.12. The molecule has 0 saturated carbocycles. The molecule has 2 rings (SSSR count). The standard InChI is InChI=1S/C17H22N2O5S/c1-3-23-13-9-11-12(10-14(13)24-4-2)18-17(25)19(16(11)22)8-6-5-7-15(20)21/h9-10H,3-8H2,1-2H3,(H,18,25)(H,20,21). The van der Waals surface area contributed by atoms with Crippen molar-refractivity contribution in [2.24, 2.45) is 0 Å². The van der Waals surface area contributed by atoms with E-state index in [9.17, 15) is 9.59 Å². The normalized spacial score (nSPS) is 10.8. The summed E-state index contributed by atoms with van der Waals surface area (Å²) >= 11 is 5.28. The van der Waals surface area contributed by atoms with Crippen LogP contribution >= 0.6 is 12.2 Å². The van der Waals surface area contributed by atoms with Gasteiger partial charge in [-0.3, -0.25) is 14.2 Å². The van der Waals surface area contributed by atoms with E-state index in [1.54, 1.807) is 12.1 Å². The van der Waals surface area contributed by atoms with Crippen molar-refractivity contribution in [3.63, 3.8) is 0 Å². The second-order valence-electron chi connectivity index (χ2n) is 5.45. The molecule has 0 spiro atoms. The largest absolute Gasteiger partial charge is 0.490 e. The molecule has 25 heavy (non-hydrogen) atoms. The third-order valence-corrected chi connectivity index (χ3v) is 3.99. The number of nitrogens with zero attached hydrogens (tertiary/aromatic N) is 1. The molecule has 1 aromatic heterocycles. The van der Waals surface area contributed by atoms with Crippen LogP contribution < -0.4 is 15.0 Å². The van der Waals surface area contributed by atoms with Crippen molar-refractivity contribution >= 4 is 29.1 Å². The minimum Gasteiger partial charge on any atom is -0.490 e. The first-order valence-corrected chi connectivity index (χ1v) is 8.67. The number of hydrogen-bond donors (Lipinski definition) is 2. The fourth-order valence-electron chi connectivity index (χ4n) is 2.55. The molecule has 8 heteroatoms. The summed E-state index contributed by atoms with van der Waals surface area (Å²) in [6, 6.07) is 3.38. The Morgan fingerprint density at radius 2 is 1.84 bits per heavy atom. The molecule has 0 amide bonds. The van der Waals surface area contributed by atoms with Crippen molar-refractivity contribution in [2.75, 3.05) is 13.2 Å². The van der Waals surface area contributed by atoms with Gasteiger partial charge in [0.15, 0.2) is 16.3 Å². The van der Waals surface area contributed by atoms with Crippen LogP contribution in [0, 0.1) is 4.77 Å². The molecular formula is C17H22N2O5S. The van der Waals surface area contributed by atoms with Crippen LogP contribution in [0.25, 0.3) is 10.9 Å². The average Bonchev–Trinajstić information content (AvgIpc) is 2.55. The van der Waals surface area contributed by atoms with Gasteiger partial charge in [0.05, 0.1) is 24.1 Å². The number of H-pyrrole nitrogens is 1. The summed E-state index contributed by atoms with van der Waals surface area (Å²) in [7, 11) is 0. The van der Waals surface area contributed by atoms with Gasteiger partial charge < -0.3 is 19.6 Å². The fraction of sp³-hybridized carbons (Fsp3) is 0.471. The van der Waals surface area contributed by atoms with Crippen molar-refractivity contribution in [2.45, 2.75) is 39.7 Å². The number of rotatable bonds is 9. The minimum absolute atomic E-state index is 0.0744. The highest BCUT2D eigenvalue weighted by Crippen LogP contribution is 2.30. The molecule has 0 atom stereocenters. The first kappa shape index (κ1) is 19.0. The molecule has 0 aliphatic carbocycles. The zero-order valence-corrected chi connectivity index (χ0v) is 15.1. The second-order valence-corrected chi connectivity index (χ2v) is 5.84. The molecule has 0 aliphatic heterocycles. The summed E-state index contributed by atoms with van der Waals surface area (Å²) in [6.45, 7) is 5.04. The number of hydrogen-bond acceptors (Lipinski definition) is 5. The lowest BCUT2D eigenvalue weighted by Gasteiger charge is -2.13. The van der Waals surface area contributed by atoms with E-state index in [4.69, 9.17) is 26.8 Å². The Labute approximate surface area is 150 Å². The maximum atomic E-state index is 12.8. The highest BCUT2D eigenvalue weighted by molar-refractivity contribution is 7.71. The molecular weight excluding hydrogens is 344 g/mol. The van der Waals surface area contributed by atoms with E-state index in [1.807, 2.05) is 13.8 Å². The zero-order chi connectivity index (χ0) is 18.4. The third-order valence-electron chi connectivity index (χ3n) is 3.67. The first-order valence-electron chi connectivity index (χ1n) is 8.26. The quantitative estimate of drug-likeness (QED) is 0.523. The van der Waals surface area contributed by atoms with Gasteiger partial charge in [-0.1, -0.05) is 0 Å². The summed E-state index contributed by atoms with van der Waals surface area (Å²) in [5.74, 6) is 0.221. The summed E-state index contributed by atoms with van der Waals surface area (Å²) in [6.07, 6.45) is 1.12. The molecule has 0 saturated heterocycles. The van der Waals surface area contributed by atoms with Crippen molar-refractivity contribution in [3.05, 3.63) is 27.3 Å². The number of carboxylic acids is 1. The lowest BCUT2D eigenvalue weighted by molar-refractivity contribution is -0.137. The van der Waals surface area contributed by atoms with E-state index in [1.165, 1.54) is 4.57 Å². The molecule has 1 aromatic carbocycles. The molecule has 7 nitrogen and oxygen atoms in total. The van der Waals surface area contributed by atoms with Crippen LogP contribution in [0.15, 0.2) is 16.9 Å². The number of unbranched alkanes of at least 4 members (excludes halogenated alkanes) is 1. The van der Waals surface area contributed by atoms with Crippen LogP contribution in [0.4, 0.5) is 0 Å². The van der Waals surface area contributed by atoms with E-state index in [-0.39, 0.29) is 12.0 Å². The molecule has 1 heterocycles. The maximum absolute atomic E-state index is 12.8. The Morgan fingerprint density at radius 3 is 2.44 bits per heavy atom. The van der Waals surface area contributed by atoms with Crippen LogP contribution in [-0.4, -0.2) is 33.8 Å². The molecule has 0 radical (unpaired) electrons. The van der Waals surface area contributed by atoms with Gasteiger partial charge in [-0.05, 0) is 45.0 Å². The predicted octanol–water partition coefficient (Wildman–Crippen LogP) is 3.11. The number of fused-ring (bicyclic) bond motifs is 1. The zero-order valence-electron chi connectivity index (χ0n) is 14.3. The molecule has 2 aromatic rings. The monoisotopic (exact) mass is 366 g/mol. The molecule has 136 valence electrons. The van der Waals surface area contributed by atoms with Crippen molar-refractivity contribution in [1.82, 2.24) is 9.55 Å². The van der Waals surface area contributed by atoms with Crippen LogP contribution in [0.3, 0.4) is 0 Å². The van der Waals surface area contributed by atoms with Gasteiger partial charge in [0, 0.05) is 19.0 Å². The van der Waals surface area contributed by atoms with Crippen molar-refractivity contribution < 1.29 is 19.4 Å². The number of ether oxygens (including phenoxy) is 2. The second kappa shape index (κ2) is 8.66. The topological polar surface area (TPSA) is 93.5 Å². The summed E-state index contributed by atoms with van der Waals surface area (Å²) in [5.41, 5.74) is 0.363. The van der Waals surface area contributed by atoms with E-state index >= 15 is 0 Å². The molecule has 2 N–H and O–H groups in total. The van der Waals surface area contributed by atoms with Gasteiger partial charge >= 0.3 is 5.97 Å². The Kier molecular flexibility index (Phi) is 6.58. The minimum atomic E-state index is -0.846. The van der Waals surface area contributed by atoms with Gasteiger partial charge in [-0.25, -0.2) is 0 Å². The average molecular weight is 366 g/mol. The van der Waals surface area contributed by atoms with E-state index in [0.29, 0.717) is 59.8 Å². The highest BCUT2D eigenvalue weighted by atomic mass is 32.1. The fourth-order valence-corrected chi connectivity index (χ4v) is 2.83. The van der Waals surface area contributed by atoms with Crippen molar-refractivity contribution in [1.29, 1.82) is 0 Å². The van der Waals surface area contributed by atoms with Crippen LogP contribution in [0.2, 0.25) is 0 Å². The molecule has 0 aliphatic rings. The number of nitrogens with one attached hydrogen (secondary N) is 1.